The molecule has 2 rings (SSSR count). The molecule has 1 aliphatic heterocycles. The molecular weight excluding hydrogens is 296 g/mol. The Kier molecular flexibility index (Phi) is 5.33. The number of ether oxygens (including phenoxy) is 2. The molecule has 0 N–H and O–H groups in total. The number of hydrogen-bond acceptors (Lipinski definition) is 6. The molecule has 1 saturated heterocycles. The van der Waals surface area contributed by atoms with E-state index in [1.807, 2.05) is 0 Å². The predicted octanol–water partition coefficient (Wildman–Crippen LogP) is 1.50. The lowest BCUT2D eigenvalue weighted by Crippen LogP contribution is -2.29. The zero-order valence-electron chi connectivity index (χ0n) is 11.7. The third-order valence-electron chi connectivity index (χ3n) is 3.07. The Morgan fingerprint density at radius 2 is 2.10 bits per heavy atom. The molecule has 1 fully saturated rings. The lowest BCUT2D eigenvalue weighted by atomic mass is 10.2. The second-order valence-corrected chi connectivity index (χ2v) is 6.34. The molecule has 1 aromatic rings. The Morgan fingerprint density at radius 1 is 1.38 bits per heavy atom. The SMILES string of the molecule is C[C@H](OS(=O)(=O)c1ccccc1)C(=O)OCC1CCCO1. The maximum atomic E-state index is 12.0. The van der Waals surface area contributed by atoms with E-state index in [9.17, 15) is 13.2 Å². The lowest BCUT2D eigenvalue weighted by molar-refractivity contribution is -0.154. The molecule has 0 saturated carbocycles. The van der Waals surface area contributed by atoms with Crippen LogP contribution in [-0.2, 0) is 28.6 Å². The molecule has 0 aliphatic carbocycles. The Labute approximate surface area is 124 Å². The molecule has 1 heterocycles. The van der Waals surface area contributed by atoms with Crippen LogP contribution in [0.5, 0.6) is 0 Å². The molecule has 1 unspecified atom stereocenters. The molecule has 2 atom stereocenters. The first-order valence-electron chi connectivity index (χ1n) is 6.75. The van der Waals surface area contributed by atoms with Gasteiger partial charge in [0, 0.05) is 6.61 Å². The smallest absolute Gasteiger partial charge is 0.336 e. The van der Waals surface area contributed by atoms with Gasteiger partial charge in [0.1, 0.15) is 6.61 Å². The van der Waals surface area contributed by atoms with Crippen molar-refractivity contribution in [3.8, 4) is 0 Å². The van der Waals surface area contributed by atoms with E-state index in [1.165, 1.54) is 19.1 Å². The standard InChI is InChI=1S/C14H18O6S/c1-11(14(15)19-10-12-6-5-9-18-12)20-21(16,17)13-7-3-2-4-8-13/h2-4,7-8,11-12H,5-6,9-10H2,1H3/t11-,12?/m0/s1. The van der Waals surface area contributed by atoms with Gasteiger partial charge in [-0.15, -0.1) is 0 Å². The number of rotatable bonds is 6. The first-order chi connectivity index (χ1) is 9.99. The lowest BCUT2D eigenvalue weighted by Gasteiger charge is -2.14. The summed E-state index contributed by atoms with van der Waals surface area (Å²) in [6, 6.07) is 7.66. The molecule has 116 valence electrons. The number of carbonyl (C=O) groups is 1. The van der Waals surface area contributed by atoms with Crippen molar-refractivity contribution in [1.82, 2.24) is 0 Å². The van der Waals surface area contributed by atoms with Crippen molar-refractivity contribution in [1.29, 1.82) is 0 Å². The van der Waals surface area contributed by atoms with Crippen LogP contribution in [-0.4, -0.2) is 39.8 Å². The van der Waals surface area contributed by atoms with E-state index < -0.39 is 22.2 Å². The molecular formula is C14H18O6S. The fraction of sp³-hybridized carbons (Fsp3) is 0.500. The maximum Gasteiger partial charge on any atom is 0.336 e. The van der Waals surface area contributed by atoms with Gasteiger partial charge in [0.15, 0.2) is 6.10 Å². The second kappa shape index (κ2) is 7.02. The Balaban J connectivity index is 1.87. The summed E-state index contributed by atoms with van der Waals surface area (Å²) in [6.45, 7) is 2.13. The Bertz CT molecular complexity index is 562. The van der Waals surface area contributed by atoms with Crippen molar-refractivity contribution in [2.45, 2.75) is 36.9 Å². The van der Waals surface area contributed by atoms with Crippen LogP contribution in [0, 0.1) is 0 Å². The van der Waals surface area contributed by atoms with Gasteiger partial charge < -0.3 is 9.47 Å². The molecule has 1 aromatic carbocycles. The number of benzene rings is 1. The normalized spacial score (nSPS) is 20.1. The van der Waals surface area contributed by atoms with E-state index in [0.717, 1.165) is 12.8 Å². The summed E-state index contributed by atoms with van der Waals surface area (Å²) >= 11 is 0. The van der Waals surface area contributed by atoms with Gasteiger partial charge in [0.2, 0.25) is 0 Å². The van der Waals surface area contributed by atoms with Gasteiger partial charge in [-0.3, -0.25) is 4.18 Å². The van der Waals surface area contributed by atoms with Gasteiger partial charge in [0.25, 0.3) is 10.1 Å². The number of hydrogen-bond donors (Lipinski definition) is 0. The number of carbonyl (C=O) groups excluding carboxylic acids is 1. The summed E-state index contributed by atoms with van der Waals surface area (Å²) in [5, 5.41) is 0. The minimum Gasteiger partial charge on any atom is -0.461 e. The first kappa shape index (κ1) is 15.9. The van der Waals surface area contributed by atoms with Crippen LogP contribution in [0.1, 0.15) is 19.8 Å². The van der Waals surface area contributed by atoms with E-state index in [4.69, 9.17) is 13.7 Å². The third-order valence-corrected chi connectivity index (χ3v) is 4.46. The number of esters is 1. The Hall–Kier alpha value is -1.44. The monoisotopic (exact) mass is 314 g/mol. The van der Waals surface area contributed by atoms with Crippen molar-refractivity contribution < 1.29 is 26.9 Å². The van der Waals surface area contributed by atoms with Crippen molar-refractivity contribution in [2.75, 3.05) is 13.2 Å². The van der Waals surface area contributed by atoms with Crippen molar-refractivity contribution >= 4 is 16.1 Å². The summed E-state index contributed by atoms with van der Waals surface area (Å²) in [5.74, 6) is -0.718. The van der Waals surface area contributed by atoms with Crippen LogP contribution in [0.25, 0.3) is 0 Å². The van der Waals surface area contributed by atoms with Crippen LogP contribution in [0.15, 0.2) is 35.2 Å². The molecule has 0 radical (unpaired) electrons. The fourth-order valence-corrected chi connectivity index (χ4v) is 3.00. The highest BCUT2D eigenvalue weighted by Crippen LogP contribution is 2.15. The van der Waals surface area contributed by atoms with Crippen LogP contribution >= 0.6 is 0 Å². The highest BCUT2D eigenvalue weighted by atomic mass is 32.2. The summed E-state index contributed by atoms with van der Waals surface area (Å²) in [7, 11) is -3.97. The molecule has 0 spiro atoms. The molecule has 21 heavy (non-hydrogen) atoms. The Morgan fingerprint density at radius 3 is 2.71 bits per heavy atom. The summed E-state index contributed by atoms with van der Waals surface area (Å²) in [4.78, 5) is 11.7. The van der Waals surface area contributed by atoms with E-state index in [1.54, 1.807) is 18.2 Å². The predicted molar refractivity (Wildman–Crippen MR) is 74.1 cm³/mol. The van der Waals surface area contributed by atoms with Gasteiger partial charge in [-0.25, -0.2) is 4.79 Å². The van der Waals surface area contributed by atoms with Gasteiger partial charge >= 0.3 is 5.97 Å². The van der Waals surface area contributed by atoms with Crippen LogP contribution in [0.4, 0.5) is 0 Å². The van der Waals surface area contributed by atoms with Crippen molar-refractivity contribution in [3.63, 3.8) is 0 Å². The average molecular weight is 314 g/mol. The van der Waals surface area contributed by atoms with Crippen molar-refractivity contribution in [2.24, 2.45) is 0 Å². The topological polar surface area (TPSA) is 78.9 Å². The minimum absolute atomic E-state index is 0.00350. The van der Waals surface area contributed by atoms with Crippen LogP contribution < -0.4 is 0 Å². The van der Waals surface area contributed by atoms with E-state index in [-0.39, 0.29) is 17.6 Å². The molecule has 7 heteroatoms. The van der Waals surface area contributed by atoms with Gasteiger partial charge in [0.05, 0.1) is 11.0 Å². The summed E-state index contributed by atoms with van der Waals surface area (Å²) in [6.07, 6.45) is 0.477. The van der Waals surface area contributed by atoms with E-state index >= 15 is 0 Å². The van der Waals surface area contributed by atoms with Crippen LogP contribution in [0.3, 0.4) is 0 Å². The third kappa shape index (κ3) is 4.52. The quantitative estimate of drug-likeness (QED) is 0.585. The second-order valence-electron chi connectivity index (χ2n) is 4.77. The largest absolute Gasteiger partial charge is 0.461 e. The average Bonchev–Trinajstić information content (AvgIpc) is 2.98. The van der Waals surface area contributed by atoms with Gasteiger partial charge in [-0.2, -0.15) is 8.42 Å². The van der Waals surface area contributed by atoms with Crippen LogP contribution in [0.2, 0.25) is 0 Å². The fourth-order valence-electron chi connectivity index (χ4n) is 1.94. The summed E-state index contributed by atoms with van der Waals surface area (Å²) in [5.41, 5.74) is 0. The molecule has 0 bridgehead atoms. The van der Waals surface area contributed by atoms with Crippen molar-refractivity contribution in [3.05, 3.63) is 30.3 Å². The maximum absolute atomic E-state index is 12.0. The highest BCUT2D eigenvalue weighted by Gasteiger charge is 2.26. The first-order valence-corrected chi connectivity index (χ1v) is 8.16. The van der Waals surface area contributed by atoms with E-state index in [0.29, 0.717) is 6.61 Å². The van der Waals surface area contributed by atoms with Gasteiger partial charge in [-0.1, -0.05) is 18.2 Å². The van der Waals surface area contributed by atoms with E-state index in [2.05, 4.69) is 0 Å². The minimum atomic E-state index is -3.97. The zero-order valence-corrected chi connectivity index (χ0v) is 12.5. The molecule has 6 nitrogen and oxygen atoms in total. The molecule has 1 aliphatic rings. The molecule has 0 amide bonds. The van der Waals surface area contributed by atoms with Gasteiger partial charge in [-0.05, 0) is 31.9 Å². The zero-order chi connectivity index (χ0) is 15.3. The molecule has 0 aromatic heterocycles. The highest BCUT2D eigenvalue weighted by molar-refractivity contribution is 7.86. The summed E-state index contributed by atoms with van der Waals surface area (Å²) < 4.78 is 39.1.